The van der Waals surface area contributed by atoms with Crippen molar-refractivity contribution in [2.75, 3.05) is 19.3 Å². The maximum Gasteiger partial charge on any atom is 0.245 e. The molecule has 0 unspecified atom stereocenters. The van der Waals surface area contributed by atoms with E-state index in [4.69, 9.17) is 5.73 Å². The van der Waals surface area contributed by atoms with Gasteiger partial charge < -0.3 is 5.73 Å². The summed E-state index contributed by atoms with van der Waals surface area (Å²) in [6.07, 6.45) is 2.06. The molecule has 0 heterocycles. The van der Waals surface area contributed by atoms with Gasteiger partial charge in [0.05, 0.1) is 4.47 Å². The topological polar surface area (TPSA) is 63.4 Å². The summed E-state index contributed by atoms with van der Waals surface area (Å²) in [5.41, 5.74) is 5.77. The SMILES string of the molecule is CN(CC1CC1)S(=O)(=O)c1cc(N)cc(Br)c1F. The zero-order valence-corrected chi connectivity index (χ0v) is 12.3. The largest absolute Gasteiger partial charge is 0.399 e. The Hall–Kier alpha value is -0.660. The molecule has 0 radical (unpaired) electrons. The van der Waals surface area contributed by atoms with E-state index in [9.17, 15) is 12.8 Å². The molecule has 1 aromatic rings. The smallest absolute Gasteiger partial charge is 0.245 e. The van der Waals surface area contributed by atoms with Gasteiger partial charge in [0.25, 0.3) is 0 Å². The van der Waals surface area contributed by atoms with Crippen LogP contribution in [0.3, 0.4) is 0 Å². The molecule has 0 amide bonds. The fraction of sp³-hybridized carbons (Fsp3) is 0.455. The van der Waals surface area contributed by atoms with Crippen molar-refractivity contribution in [2.45, 2.75) is 17.7 Å². The van der Waals surface area contributed by atoms with Crippen LogP contribution in [-0.4, -0.2) is 26.3 Å². The molecule has 1 aromatic carbocycles. The maximum atomic E-state index is 13.9. The second-order valence-electron chi connectivity index (χ2n) is 4.54. The number of halogens is 2. The Morgan fingerprint density at radius 2 is 2.11 bits per heavy atom. The molecule has 100 valence electrons. The maximum absolute atomic E-state index is 13.9. The molecule has 0 atom stereocenters. The molecule has 18 heavy (non-hydrogen) atoms. The van der Waals surface area contributed by atoms with Crippen molar-refractivity contribution in [3.8, 4) is 0 Å². The highest BCUT2D eigenvalue weighted by Crippen LogP contribution is 2.32. The van der Waals surface area contributed by atoms with Crippen molar-refractivity contribution in [3.05, 3.63) is 22.4 Å². The Balaban J connectivity index is 2.39. The van der Waals surface area contributed by atoms with Gasteiger partial charge in [-0.2, -0.15) is 0 Å². The van der Waals surface area contributed by atoms with Crippen LogP contribution >= 0.6 is 15.9 Å². The zero-order valence-electron chi connectivity index (χ0n) is 9.86. The molecular formula is C11H14BrFN2O2S. The third kappa shape index (κ3) is 2.67. The van der Waals surface area contributed by atoms with Crippen LogP contribution in [0.1, 0.15) is 12.8 Å². The number of benzene rings is 1. The average Bonchev–Trinajstić information content (AvgIpc) is 3.06. The monoisotopic (exact) mass is 336 g/mol. The highest BCUT2D eigenvalue weighted by atomic mass is 79.9. The second-order valence-corrected chi connectivity index (χ2v) is 7.41. The van der Waals surface area contributed by atoms with E-state index in [1.165, 1.54) is 17.4 Å². The van der Waals surface area contributed by atoms with Gasteiger partial charge in [-0.1, -0.05) is 0 Å². The van der Waals surface area contributed by atoms with Crippen LogP contribution in [0.5, 0.6) is 0 Å². The summed E-state index contributed by atoms with van der Waals surface area (Å²) in [5, 5.41) is 0. The van der Waals surface area contributed by atoms with Crippen molar-refractivity contribution < 1.29 is 12.8 Å². The van der Waals surface area contributed by atoms with Gasteiger partial charge in [0.2, 0.25) is 10.0 Å². The number of hydrogen-bond donors (Lipinski definition) is 1. The summed E-state index contributed by atoms with van der Waals surface area (Å²) in [5.74, 6) is -0.399. The molecule has 0 saturated heterocycles. The van der Waals surface area contributed by atoms with Gasteiger partial charge in [0.15, 0.2) is 5.82 Å². The third-order valence-electron chi connectivity index (χ3n) is 2.92. The van der Waals surface area contributed by atoms with Gasteiger partial charge in [-0.3, -0.25) is 0 Å². The summed E-state index contributed by atoms with van der Waals surface area (Å²) in [6, 6.07) is 2.49. The molecule has 0 spiro atoms. The average molecular weight is 337 g/mol. The predicted octanol–water partition coefficient (Wildman–Crippen LogP) is 2.20. The Morgan fingerprint density at radius 1 is 1.50 bits per heavy atom. The van der Waals surface area contributed by atoms with E-state index in [0.717, 1.165) is 18.9 Å². The first-order valence-electron chi connectivity index (χ1n) is 5.53. The van der Waals surface area contributed by atoms with E-state index in [1.807, 2.05) is 0 Å². The summed E-state index contributed by atoms with van der Waals surface area (Å²) in [4.78, 5) is -0.377. The molecule has 2 N–H and O–H groups in total. The number of sulfonamides is 1. The van der Waals surface area contributed by atoms with E-state index >= 15 is 0 Å². The number of nitrogens with zero attached hydrogens (tertiary/aromatic N) is 1. The van der Waals surface area contributed by atoms with Gasteiger partial charge in [0, 0.05) is 19.3 Å². The Bertz CT molecular complexity index is 573. The lowest BCUT2D eigenvalue weighted by atomic mass is 10.3. The van der Waals surface area contributed by atoms with Gasteiger partial charge in [-0.05, 0) is 46.8 Å². The van der Waals surface area contributed by atoms with Crippen LogP contribution in [-0.2, 0) is 10.0 Å². The molecule has 0 bridgehead atoms. The van der Waals surface area contributed by atoms with Crippen molar-refractivity contribution in [1.29, 1.82) is 0 Å². The number of nitrogens with two attached hydrogens (primary N) is 1. The lowest BCUT2D eigenvalue weighted by molar-refractivity contribution is 0.447. The highest BCUT2D eigenvalue weighted by Gasteiger charge is 2.31. The first-order chi connectivity index (χ1) is 8.32. The number of rotatable bonds is 4. The van der Waals surface area contributed by atoms with Crippen LogP contribution in [0, 0.1) is 11.7 Å². The minimum absolute atomic E-state index is 0.0564. The van der Waals surface area contributed by atoms with Gasteiger partial charge in [-0.25, -0.2) is 17.1 Å². The third-order valence-corrected chi connectivity index (χ3v) is 5.32. The molecule has 4 nitrogen and oxygen atoms in total. The number of nitrogen functional groups attached to an aromatic ring is 1. The van der Waals surface area contributed by atoms with Crippen LogP contribution in [0.4, 0.5) is 10.1 Å². The van der Waals surface area contributed by atoms with Crippen molar-refractivity contribution in [1.82, 2.24) is 4.31 Å². The number of hydrogen-bond acceptors (Lipinski definition) is 3. The van der Waals surface area contributed by atoms with E-state index in [2.05, 4.69) is 15.9 Å². The van der Waals surface area contributed by atoms with Gasteiger partial charge >= 0.3 is 0 Å². The molecule has 0 aliphatic heterocycles. The van der Waals surface area contributed by atoms with Crippen LogP contribution in [0.15, 0.2) is 21.5 Å². The van der Waals surface area contributed by atoms with Crippen molar-refractivity contribution in [3.63, 3.8) is 0 Å². The van der Waals surface area contributed by atoms with Gasteiger partial charge in [-0.15, -0.1) is 0 Å². The fourth-order valence-corrected chi connectivity index (χ4v) is 3.67. The summed E-state index contributed by atoms with van der Waals surface area (Å²) >= 11 is 2.96. The van der Waals surface area contributed by atoms with Gasteiger partial charge in [0.1, 0.15) is 4.90 Å². The predicted molar refractivity (Wildman–Crippen MR) is 71.1 cm³/mol. The summed E-state index contributed by atoms with van der Waals surface area (Å²) < 4.78 is 39.6. The van der Waals surface area contributed by atoms with Crippen LogP contribution in [0.2, 0.25) is 0 Å². The Morgan fingerprint density at radius 3 is 2.67 bits per heavy atom. The lowest BCUT2D eigenvalue weighted by Gasteiger charge is -2.18. The second kappa shape index (κ2) is 4.79. The zero-order chi connectivity index (χ0) is 13.5. The fourth-order valence-electron chi connectivity index (χ4n) is 1.70. The highest BCUT2D eigenvalue weighted by molar-refractivity contribution is 9.10. The molecule has 1 fully saturated rings. The molecule has 1 saturated carbocycles. The molecule has 1 aliphatic carbocycles. The first-order valence-corrected chi connectivity index (χ1v) is 7.76. The molecule has 7 heteroatoms. The van der Waals surface area contributed by atoms with E-state index < -0.39 is 15.8 Å². The minimum atomic E-state index is -3.82. The molecular weight excluding hydrogens is 323 g/mol. The molecule has 2 rings (SSSR count). The Kier molecular flexibility index (Phi) is 3.66. The standard InChI is InChI=1S/C11H14BrFN2O2S/c1-15(6-7-2-3-7)18(16,17)10-5-8(14)4-9(12)11(10)13/h4-5,7H,2-3,6,14H2,1H3. The van der Waals surface area contributed by atoms with Crippen LogP contribution < -0.4 is 5.73 Å². The minimum Gasteiger partial charge on any atom is -0.399 e. The lowest BCUT2D eigenvalue weighted by Crippen LogP contribution is -2.29. The number of anilines is 1. The summed E-state index contributed by atoms with van der Waals surface area (Å²) in [7, 11) is -2.36. The molecule has 0 aromatic heterocycles. The Labute approximate surface area is 114 Å². The van der Waals surface area contributed by atoms with Crippen LogP contribution in [0.25, 0.3) is 0 Å². The van der Waals surface area contributed by atoms with E-state index in [-0.39, 0.29) is 15.1 Å². The van der Waals surface area contributed by atoms with E-state index in [0.29, 0.717) is 12.5 Å². The van der Waals surface area contributed by atoms with E-state index in [1.54, 1.807) is 0 Å². The molecule has 1 aliphatic rings. The first kappa shape index (κ1) is 13.8. The quantitative estimate of drug-likeness (QED) is 0.857. The summed E-state index contributed by atoms with van der Waals surface area (Å²) in [6.45, 7) is 0.425. The van der Waals surface area contributed by atoms with Crippen molar-refractivity contribution >= 4 is 31.6 Å². The normalized spacial score (nSPS) is 16.2. The van der Waals surface area contributed by atoms with Crippen molar-refractivity contribution in [2.24, 2.45) is 5.92 Å².